The summed E-state index contributed by atoms with van der Waals surface area (Å²) in [6, 6.07) is 6.64. The van der Waals surface area contributed by atoms with E-state index in [-0.39, 0.29) is 24.3 Å². The lowest BCUT2D eigenvalue weighted by Gasteiger charge is -2.30. The summed E-state index contributed by atoms with van der Waals surface area (Å²) in [7, 11) is 0. The van der Waals surface area contributed by atoms with Gasteiger partial charge in [0.25, 0.3) is 0 Å². The molecule has 1 aromatic carbocycles. The lowest BCUT2D eigenvalue weighted by Crippen LogP contribution is -2.42. The number of pyridine rings is 1. The van der Waals surface area contributed by atoms with Crippen molar-refractivity contribution in [1.82, 2.24) is 9.88 Å². The largest absolute Gasteiger partial charge is 0.386 e. The summed E-state index contributed by atoms with van der Waals surface area (Å²) in [5, 5.41) is 10.5. The Morgan fingerprint density at radius 2 is 2.20 bits per heavy atom. The topological polar surface area (TPSA) is 53.4 Å². The molecule has 4 nitrogen and oxygen atoms in total. The van der Waals surface area contributed by atoms with Crippen LogP contribution in [0.2, 0.25) is 0 Å². The molecule has 2 unspecified atom stereocenters. The molecule has 2 aromatic rings. The van der Waals surface area contributed by atoms with E-state index in [1.165, 1.54) is 12.1 Å². The van der Waals surface area contributed by atoms with Gasteiger partial charge in [-0.1, -0.05) is 12.6 Å². The molecule has 1 heterocycles. The zero-order valence-corrected chi connectivity index (χ0v) is 15.1. The van der Waals surface area contributed by atoms with Crippen LogP contribution in [0.1, 0.15) is 22.8 Å². The highest BCUT2D eigenvalue weighted by Gasteiger charge is 2.31. The van der Waals surface area contributed by atoms with Crippen LogP contribution < -0.4 is 0 Å². The molecule has 0 saturated heterocycles. The highest BCUT2D eigenvalue weighted by atomic mass is 79.9. The molecule has 0 bridgehead atoms. The fourth-order valence-electron chi connectivity index (χ4n) is 3.21. The summed E-state index contributed by atoms with van der Waals surface area (Å²) in [4.78, 5) is 18.0. The fourth-order valence-corrected chi connectivity index (χ4v) is 3.60. The zero-order chi connectivity index (χ0) is 18.0. The van der Waals surface area contributed by atoms with Crippen LogP contribution in [-0.2, 0) is 17.6 Å². The predicted molar refractivity (Wildman–Crippen MR) is 96.4 cm³/mol. The molecule has 1 amide bonds. The number of halogens is 2. The second-order valence-electron chi connectivity index (χ2n) is 6.09. The lowest BCUT2D eigenvalue weighted by atomic mass is 10.1. The smallest absolute Gasteiger partial charge is 0.246 e. The molecule has 0 saturated carbocycles. The number of aromatic nitrogens is 1. The van der Waals surface area contributed by atoms with Gasteiger partial charge in [-0.25, -0.2) is 4.39 Å². The van der Waals surface area contributed by atoms with E-state index in [2.05, 4.69) is 27.5 Å². The van der Waals surface area contributed by atoms with Crippen LogP contribution in [0.3, 0.4) is 0 Å². The number of aliphatic hydroxyl groups excluding tert-OH is 1. The van der Waals surface area contributed by atoms with Crippen molar-refractivity contribution in [2.75, 3.05) is 6.54 Å². The molecule has 0 radical (unpaired) electrons. The predicted octanol–water partition coefficient (Wildman–Crippen LogP) is 3.20. The van der Waals surface area contributed by atoms with Crippen LogP contribution in [-0.4, -0.2) is 33.5 Å². The second kappa shape index (κ2) is 7.45. The van der Waals surface area contributed by atoms with Gasteiger partial charge in [0, 0.05) is 24.0 Å². The van der Waals surface area contributed by atoms with E-state index >= 15 is 0 Å². The minimum absolute atomic E-state index is 0.138. The summed E-state index contributed by atoms with van der Waals surface area (Å²) >= 11 is 3.20. The zero-order valence-electron chi connectivity index (χ0n) is 13.5. The Hall–Kier alpha value is -2.05. The van der Waals surface area contributed by atoms with Crippen molar-refractivity contribution in [2.45, 2.75) is 25.0 Å². The van der Waals surface area contributed by atoms with Gasteiger partial charge in [-0.15, -0.1) is 0 Å². The number of carbonyl (C=O) groups is 1. The Bertz CT molecular complexity index is 767. The maximum Gasteiger partial charge on any atom is 0.246 e. The Labute approximate surface area is 154 Å². The van der Waals surface area contributed by atoms with E-state index in [0.29, 0.717) is 22.9 Å². The first-order chi connectivity index (χ1) is 12.0. The molecule has 1 N–H and O–H groups in total. The Morgan fingerprint density at radius 1 is 1.48 bits per heavy atom. The number of aliphatic hydroxyl groups is 1. The monoisotopic (exact) mass is 404 g/mol. The van der Waals surface area contributed by atoms with Crippen molar-refractivity contribution in [2.24, 2.45) is 0 Å². The summed E-state index contributed by atoms with van der Waals surface area (Å²) in [5.41, 5.74) is 2.55. The Balaban J connectivity index is 1.80. The van der Waals surface area contributed by atoms with Gasteiger partial charge in [-0.05, 0) is 64.2 Å². The van der Waals surface area contributed by atoms with Crippen LogP contribution in [0.5, 0.6) is 0 Å². The van der Waals surface area contributed by atoms with Gasteiger partial charge >= 0.3 is 0 Å². The normalized spacial score (nSPS) is 17.0. The van der Waals surface area contributed by atoms with E-state index < -0.39 is 6.10 Å². The number of hydrogen-bond acceptors (Lipinski definition) is 3. The number of hydrogen-bond donors (Lipinski definition) is 1. The third-order valence-corrected chi connectivity index (χ3v) is 5.10. The van der Waals surface area contributed by atoms with Gasteiger partial charge in [-0.3, -0.25) is 9.78 Å². The maximum atomic E-state index is 13.8. The number of benzene rings is 1. The number of amides is 1. The summed E-state index contributed by atoms with van der Waals surface area (Å²) in [6.45, 7) is 3.70. The molecule has 25 heavy (non-hydrogen) atoms. The van der Waals surface area contributed by atoms with Crippen molar-refractivity contribution in [3.05, 3.63) is 76.3 Å². The number of rotatable bonds is 5. The van der Waals surface area contributed by atoms with Crippen LogP contribution in [0.15, 0.2) is 53.8 Å². The Kier molecular flexibility index (Phi) is 5.30. The number of fused-ring (bicyclic) bond motifs is 1. The quantitative estimate of drug-likeness (QED) is 0.778. The lowest BCUT2D eigenvalue weighted by molar-refractivity contribution is -0.129. The molecular formula is C19H18BrFN2O2. The van der Waals surface area contributed by atoms with E-state index in [1.807, 2.05) is 0 Å². The van der Waals surface area contributed by atoms with E-state index in [9.17, 15) is 14.3 Å². The SMILES string of the molecule is C=CC(=O)N(CC(O)c1cccnc1)C1Cc2cc(F)c(Br)cc2C1. The van der Waals surface area contributed by atoms with Crippen LogP contribution in [0, 0.1) is 5.82 Å². The molecule has 0 fully saturated rings. The third-order valence-electron chi connectivity index (χ3n) is 4.49. The maximum absolute atomic E-state index is 13.8. The summed E-state index contributed by atoms with van der Waals surface area (Å²) < 4.78 is 14.2. The van der Waals surface area contributed by atoms with Gasteiger partial charge in [0.2, 0.25) is 5.91 Å². The Morgan fingerprint density at radius 3 is 2.84 bits per heavy atom. The van der Waals surface area contributed by atoms with Gasteiger partial charge in [0.1, 0.15) is 5.82 Å². The van der Waals surface area contributed by atoms with Crippen molar-refractivity contribution < 1.29 is 14.3 Å². The van der Waals surface area contributed by atoms with Gasteiger partial charge in [0.05, 0.1) is 17.1 Å². The molecule has 1 aliphatic rings. The van der Waals surface area contributed by atoms with Crippen molar-refractivity contribution in [1.29, 1.82) is 0 Å². The fraction of sp³-hybridized carbons (Fsp3) is 0.263. The molecule has 1 aromatic heterocycles. The minimum Gasteiger partial charge on any atom is -0.386 e. The summed E-state index contributed by atoms with van der Waals surface area (Å²) in [6.07, 6.45) is 4.78. The highest BCUT2D eigenvalue weighted by molar-refractivity contribution is 9.10. The standard InChI is InChI=1S/C19H18BrFN2O2/c1-2-19(25)23(11-18(24)12-4-3-5-22-10-12)15-6-13-8-16(20)17(21)9-14(13)7-15/h2-5,8-10,15,18,24H,1,6-7,11H2. The number of nitrogens with zero attached hydrogens (tertiary/aromatic N) is 2. The first kappa shape index (κ1) is 17.8. The molecule has 130 valence electrons. The van der Waals surface area contributed by atoms with Crippen LogP contribution >= 0.6 is 15.9 Å². The molecular weight excluding hydrogens is 387 g/mol. The minimum atomic E-state index is -0.843. The summed E-state index contributed by atoms with van der Waals surface area (Å²) in [5.74, 6) is -0.559. The van der Waals surface area contributed by atoms with Crippen molar-refractivity contribution in [3.63, 3.8) is 0 Å². The average Bonchev–Trinajstić information content (AvgIpc) is 3.02. The molecule has 6 heteroatoms. The number of carbonyl (C=O) groups excluding carboxylic acids is 1. The van der Waals surface area contributed by atoms with Gasteiger partial charge < -0.3 is 10.0 Å². The highest BCUT2D eigenvalue weighted by Crippen LogP contribution is 2.31. The molecule has 0 spiro atoms. The van der Waals surface area contributed by atoms with Crippen molar-refractivity contribution in [3.8, 4) is 0 Å². The van der Waals surface area contributed by atoms with Gasteiger partial charge in [-0.2, -0.15) is 0 Å². The van der Waals surface area contributed by atoms with Gasteiger partial charge in [0.15, 0.2) is 0 Å². The van der Waals surface area contributed by atoms with Crippen LogP contribution in [0.25, 0.3) is 0 Å². The van der Waals surface area contributed by atoms with E-state index in [4.69, 9.17) is 0 Å². The molecule has 3 rings (SSSR count). The first-order valence-electron chi connectivity index (χ1n) is 7.97. The molecule has 1 aliphatic carbocycles. The van der Waals surface area contributed by atoms with Crippen LogP contribution in [0.4, 0.5) is 4.39 Å². The van der Waals surface area contributed by atoms with Crippen molar-refractivity contribution >= 4 is 21.8 Å². The molecule has 2 atom stereocenters. The van der Waals surface area contributed by atoms with E-state index in [0.717, 1.165) is 11.1 Å². The van der Waals surface area contributed by atoms with E-state index in [1.54, 1.807) is 35.5 Å². The second-order valence-corrected chi connectivity index (χ2v) is 6.95. The first-order valence-corrected chi connectivity index (χ1v) is 8.76. The molecule has 0 aliphatic heterocycles. The average molecular weight is 405 g/mol. The third kappa shape index (κ3) is 3.80.